The Hall–Kier alpha value is -2.04. The van der Waals surface area contributed by atoms with Gasteiger partial charge < -0.3 is 14.7 Å². The summed E-state index contributed by atoms with van der Waals surface area (Å²) >= 11 is 0. The van der Waals surface area contributed by atoms with Crippen molar-refractivity contribution in [2.45, 2.75) is 58.4 Å². The van der Waals surface area contributed by atoms with E-state index in [9.17, 15) is 9.59 Å². The molecule has 1 amide bonds. The van der Waals surface area contributed by atoms with E-state index in [0.29, 0.717) is 23.3 Å². The molecule has 5 heteroatoms. The maximum Gasteiger partial charge on any atom is 0.341 e. The number of carboxylic acid groups (broad SMARTS) is 1. The van der Waals surface area contributed by atoms with Crippen molar-refractivity contribution >= 4 is 11.9 Å². The molecule has 1 aromatic carbocycles. The molecule has 0 radical (unpaired) electrons. The van der Waals surface area contributed by atoms with Crippen LogP contribution in [0.5, 0.6) is 5.75 Å². The number of benzene rings is 1. The van der Waals surface area contributed by atoms with Crippen LogP contribution in [0.4, 0.5) is 0 Å². The van der Waals surface area contributed by atoms with Crippen molar-refractivity contribution in [3.8, 4) is 5.75 Å². The predicted octanol–water partition coefficient (Wildman–Crippen LogP) is 3.56. The highest BCUT2D eigenvalue weighted by molar-refractivity contribution is 5.95. The molecule has 1 saturated heterocycles. The van der Waals surface area contributed by atoms with Crippen LogP contribution in [0.15, 0.2) is 12.1 Å². The second-order valence-electron chi connectivity index (χ2n) is 7.37. The molecule has 1 aliphatic carbocycles. The monoisotopic (exact) mass is 345 g/mol. The van der Waals surface area contributed by atoms with Crippen molar-refractivity contribution in [3.63, 3.8) is 0 Å². The number of ether oxygens (including phenoxy) is 1. The van der Waals surface area contributed by atoms with Gasteiger partial charge in [0.1, 0.15) is 5.75 Å². The van der Waals surface area contributed by atoms with Crippen LogP contribution in [-0.4, -0.2) is 41.1 Å². The lowest BCUT2D eigenvalue weighted by atomic mass is 9.95. The van der Waals surface area contributed by atoms with Crippen molar-refractivity contribution < 1.29 is 19.4 Å². The molecule has 1 atom stereocenters. The Labute approximate surface area is 149 Å². The largest absolute Gasteiger partial charge is 0.481 e. The number of likely N-dealkylation sites (tertiary alicyclic amines) is 1. The van der Waals surface area contributed by atoms with Gasteiger partial charge in [-0.1, -0.05) is 12.8 Å². The minimum absolute atomic E-state index is 0.102. The topological polar surface area (TPSA) is 66.8 Å². The first kappa shape index (κ1) is 17.8. The fraction of sp³-hybridized carbons (Fsp3) is 0.600. The molecule has 1 aliphatic heterocycles. The third-order valence-electron chi connectivity index (χ3n) is 5.55. The summed E-state index contributed by atoms with van der Waals surface area (Å²) in [6.07, 6.45) is 7.27. The summed E-state index contributed by atoms with van der Waals surface area (Å²) in [5.74, 6) is 0.320. The summed E-state index contributed by atoms with van der Waals surface area (Å²) < 4.78 is 5.37. The molecule has 1 saturated carbocycles. The minimum atomic E-state index is -1.00. The number of carbonyl (C=O) groups excluding carboxylic acids is 1. The van der Waals surface area contributed by atoms with E-state index in [1.54, 1.807) is 0 Å². The van der Waals surface area contributed by atoms with Gasteiger partial charge in [-0.25, -0.2) is 4.79 Å². The number of rotatable bonds is 5. The zero-order valence-electron chi connectivity index (χ0n) is 15.1. The number of carbonyl (C=O) groups is 2. The first-order valence-corrected chi connectivity index (χ1v) is 9.24. The van der Waals surface area contributed by atoms with Gasteiger partial charge in [0.15, 0.2) is 6.61 Å². The van der Waals surface area contributed by atoms with Gasteiger partial charge in [0.05, 0.1) is 0 Å². The van der Waals surface area contributed by atoms with Crippen molar-refractivity contribution in [2.24, 2.45) is 5.92 Å². The van der Waals surface area contributed by atoms with E-state index in [2.05, 4.69) is 4.90 Å². The molecule has 2 aliphatic rings. The zero-order chi connectivity index (χ0) is 18.0. The number of hydrogen-bond donors (Lipinski definition) is 1. The molecule has 1 aromatic rings. The van der Waals surface area contributed by atoms with Gasteiger partial charge in [-0.05, 0) is 68.7 Å². The lowest BCUT2D eigenvalue weighted by Crippen LogP contribution is -2.39. The van der Waals surface area contributed by atoms with Gasteiger partial charge in [-0.2, -0.15) is 0 Å². The molecule has 0 bridgehead atoms. The van der Waals surface area contributed by atoms with Crippen LogP contribution in [0.25, 0.3) is 0 Å². The van der Waals surface area contributed by atoms with Crippen LogP contribution in [-0.2, 0) is 4.79 Å². The first-order chi connectivity index (χ1) is 12.0. The lowest BCUT2D eigenvalue weighted by molar-refractivity contribution is -0.139. The number of amides is 1. The van der Waals surface area contributed by atoms with E-state index in [1.807, 2.05) is 26.0 Å². The Kier molecular flexibility index (Phi) is 5.30. The number of aryl methyl sites for hydroxylation is 2. The Morgan fingerprint density at radius 3 is 2.36 bits per heavy atom. The number of carboxylic acids is 1. The second-order valence-corrected chi connectivity index (χ2v) is 7.37. The highest BCUT2D eigenvalue weighted by Gasteiger charge is 2.36. The molecule has 25 heavy (non-hydrogen) atoms. The van der Waals surface area contributed by atoms with Gasteiger partial charge >= 0.3 is 5.97 Å². The summed E-state index contributed by atoms with van der Waals surface area (Å²) in [5, 5.41) is 8.79. The Balaban J connectivity index is 1.78. The standard InChI is InChI=1S/C20H27NO4/c1-13-10-16(11-14(2)19(13)25-12-18(22)23)20(24)21-9-5-8-17(21)15-6-3-4-7-15/h10-11,15,17H,3-9,12H2,1-2H3,(H,22,23). The normalized spacial score (nSPS) is 20.9. The summed E-state index contributed by atoms with van der Waals surface area (Å²) in [4.78, 5) is 25.9. The maximum atomic E-state index is 13.1. The average molecular weight is 345 g/mol. The quantitative estimate of drug-likeness (QED) is 0.886. The van der Waals surface area contributed by atoms with Crippen LogP contribution in [0.1, 0.15) is 60.0 Å². The molecule has 1 N–H and O–H groups in total. The summed E-state index contributed by atoms with van der Waals surface area (Å²) in [6, 6.07) is 4.05. The molecular formula is C20H27NO4. The van der Waals surface area contributed by atoms with Crippen LogP contribution >= 0.6 is 0 Å². The lowest BCUT2D eigenvalue weighted by Gasteiger charge is -2.30. The molecule has 0 spiro atoms. The van der Waals surface area contributed by atoms with E-state index in [-0.39, 0.29) is 12.5 Å². The van der Waals surface area contributed by atoms with Crippen molar-refractivity contribution in [3.05, 3.63) is 28.8 Å². The fourth-order valence-corrected chi connectivity index (χ4v) is 4.48. The van der Waals surface area contributed by atoms with E-state index < -0.39 is 5.97 Å². The molecule has 1 heterocycles. The molecular weight excluding hydrogens is 318 g/mol. The average Bonchev–Trinajstić information content (AvgIpc) is 3.23. The van der Waals surface area contributed by atoms with E-state index >= 15 is 0 Å². The van der Waals surface area contributed by atoms with Crippen molar-refractivity contribution in [1.82, 2.24) is 4.90 Å². The number of nitrogens with zero attached hydrogens (tertiary/aromatic N) is 1. The van der Waals surface area contributed by atoms with Crippen molar-refractivity contribution in [2.75, 3.05) is 13.2 Å². The maximum absolute atomic E-state index is 13.1. The van der Waals surface area contributed by atoms with E-state index in [4.69, 9.17) is 9.84 Å². The third-order valence-corrected chi connectivity index (χ3v) is 5.55. The number of aliphatic carboxylic acids is 1. The SMILES string of the molecule is Cc1cc(C(=O)N2CCCC2C2CCCC2)cc(C)c1OCC(=O)O. The Morgan fingerprint density at radius 1 is 1.12 bits per heavy atom. The second kappa shape index (κ2) is 7.46. The van der Waals surface area contributed by atoms with E-state index in [1.165, 1.54) is 25.7 Å². The predicted molar refractivity (Wildman–Crippen MR) is 95.1 cm³/mol. The van der Waals surface area contributed by atoms with Crippen LogP contribution in [0.2, 0.25) is 0 Å². The third kappa shape index (κ3) is 3.80. The van der Waals surface area contributed by atoms with Gasteiger partial charge in [-0.15, -0.1) is 0 Å². The molecule has 5 nitrogen and oxygen atoms in total. The summed E-state index contributed by atoms with van der Waals surface area (Å²) in [5.41, 5.74) is 2.30. The first-order valence-electron chi connectivity index (χ1n) is 9.24. The van der Waals surface area contributed by atoms with Gasteiger partial charge in [-0.3, -0.25) is 4.79 Å². The smallest absolute Gasteiger partial charge is 0.341 e. The Bertz CT molecular complexity index is 641. The van der Waals surface area contributed by atoms with Crippen LogP contribution < -0.4 is 4.74 Å². The minimum Gasteiger partial charge on any atom is -0.481 e. The molecule has 0 aromatic heterocycles. The van der Waals surface area contributed by atoms with E-state index in [0.717, 1.165) is 30.5 Å². The molecule has 2 fully saturated rings. The fourth-order valence-electron chi connectivity index (χ4n) is 4.48. The van der Waals surface area contributed by atoms with Crippen LogP contribution in [0.3, 0.4) is 0 Å². The highest BCUT2D eigenvalue weighted by atomic mass is 16.5. The summed E-state index contributed by atoms with van der Waals surface area (Å²) in [6.45, 7) is 4.19. The molecule has 136 valence electrons. The van der Waals surface area contributed by atoms with Crippen LogP contribution in [0, 0.1) is 19.8 Å². The number of hydrogen-bond acceptors (Lipinski definition) is 3. The zero-order valence-corrected chi connectivity index (χ0v) is 15.1. The summed E-state index contributed by atoms with van der Waals surface area (Å²) in [7, 11) is 0. The van der Waals surface area contributed by atoms with Gasteiger partial charge in [0.2, 0.25) is 0 Å². The Morgan fingerprint density at radius 2 is 1.76 bits per heavy atom. The van der Waals surface area contributed by atoms with Gasteiger partial charge in [0, 0.05) is 18.2 Å². The molecule has 1 unspecified atom stereocenters. The molecule has 3 rings (SSSR count). The van der Waals surface area contributed by atoms with Gasteiger partial charge in [0.25, 0.3) is 5.91 Å². The highest BCUT2D eigenvalue weighted by Crippen LogP contribution is 2.36. The van der Waals surface area contributed by atoms with Crippen molar-refractivity contribution in [1.29, 1.82) is 0 Å².